The fraction of sp³-hybridized carbons (Fsp3) is 0.286. The lowest BCUT2D eigenvalue weighted by Crippen LogP contribution is -2.10. The molecule has 1 heterocycles. The summed E-state index contributed by atoms with van der Waals surface area (Å²) < 4.78 is 9.96. The molecule has 0 saturated heterocycles. The third-order valence-corrected chi connectivity index (χ3v) is 3.54. The third kappa shape index (κ3) is 3.79. The zero-order valence-corrected chi connectivity index (χ0v) is 12.0. The number of anilines is 1. The number of rotatable bonds is 6. The van der Waals surface area contributed by atoms with E-state index < -0.39 is 5.97 Å². The number of carbonyl (C=O) groups excluding carboxylic acids is 1. The van der Waals surface area contributed by atoms with Crippen LogP contribution in [0.3, 0.4) is 0 Å². The van der Waals surface area contributed by atoms with E-state index in [1.807, 2.05) is 30.3 Å². The molecule has 0 fully saturated rings. The molecule has 0 aliphatic rings. The average Bonchev–Trinajstić information content (AvgIpc) is 2.81. The van der Waals surface area contributed by atoms with E-state index in [-0.39, 0.29) is 6.61 Å². The molecule has 1 aromatic heterocycles. The fourth-order valence-electron chi connectivity index (χ4n) is 1.72. The molecule has 2 aromatic rings. The van der Waals surface area contributed by atoms with Crippen LogP contribution in [0.1, 0.15) is 20.9 Å². The first-order valence-corrected chi connectivity index (χ1v) is 6.97. The number of ether oxygens (including phenoxy) is 2. The molecule has 0 aliphatic carbocycles. The van der Waals surface area contributed by atoms with Crippen LogP contribution in [0, 0.1) is 0 Å². The number of methoxy groups -OCH3 is 1. The van der Waals surface area contributed by atoms with Gasteiger partial charge in [-0.15, -0.1) is 0 Å². The van der Waals surface area contributed by atoms with E-state index in [4.69, 9.17) is 15.2 Å². The van der Waals surface area contributed by atoms with Crippen molar-refractivity contribution in [1.82, 2.24) is 4.98 Å². The molecule has 0 atom stereocenters. The quantitative estimate of drug-likeness (QED) is 0.652. The molecule has 0 spiro atoms. The first kappa shape index (κ1) is 14.5. The predicted molar refractivity (Wildman–Crippen MR) is 77.9 cm³/mol. The number of nitrogen functional groups attached to an aromatic ring is 1. The van der Waals surface area contributed by atoms with Crippen molar-refractivity contribution in [2.45, 2.75) is 6.42 Å². The lowest BCUT2D eigenvalue weighted by molar-refractivity contribution is 0.0392. The van der Waals surface area contributed by atoms with Crippen molar-refractivity contribution in [3.8, 4) is 0 Å². The molecule has 6 heteroatoms. The summed E-state index contributed by atoms with van der Waals surface area (Å²) in [5.41, 5.74) is 7.43. The van der Waals surface area contributed by atoms with E-state index in [0.29, 0.717) is 28.7 Å². The number of nitrogens with zero attached hydrogens (tertiary/aromatic N) is 1. The van der Waals surface area contributed by atoms with Crippen LogP contribution >= 0.6 is 11.3 Å². The first-order chi connectivity index (χ1) is 9.70. The van der Waals surface area contributed by atoms with Gasteiger partial charge < -0.3 is 15.2 Å². The maximum atomic E-state index is 12.0. The topological polar surface area (TPSA) is 74.4 Å². The summed E-state index contributed by atoms with van der Waals surface area (Å²) in [5, 5.41) is 0.370. The molecular weight excluding hydrogens is 276 g/mol. The van der Waals surface area contributed by atoms with Crippen molar-refractivity contribution < 1.29 is 14.3 Å². The number of esters is 1. The minimum absolute atomic E-state index is 0.220. The summed E-state index contributed by atoms with van der Waals surface area (Å²) in [6.45, 7) is 0.589. The van der Waals surface area contributed by atoms with E-state index in [1.165, 1.54) is 0 Å². The molecule has 0 amide bonds. The molecule has 0 aliphatic heterocycles. The fourth-order valence-corrected chi connectivity index (χ4v) is 2.46. The van der Waals surface area contributed by atoms with Crippen molar-refractivity contribution >= 4 is 22.4 Å². The Morgan fingerprint density at radius 2 is 2.05 bits per heavy atom. The smallest absolute Gasteiger partial charge is 0.350 e. The number of benzene rings is 1. The van der Waals surface area contributed by atoms with Gasteiger partial charge >= 0.3 is 5.97 Å². The van der Waals surface area contributed by atoms with E-state index in [0.717, 1.165) is 16.9 Å². The van der Waals surface area contributed by atoms with E-state index in [9.17, 15) is 4.79 Å². The van der Waals surface area contributed by atoms with Gasteiger partial charge in [0.15, 0.2) is 5.13 Å². The van der Waals surface area contributed by atoms with Gasteiger partial charge in [-0.05, 0) is 5.56 Å². The highest BCUT2D eigenvalue weighted by Gasteiger charge is 2.18. The molecule has 0 radical (unpaired) electrons. The lowest BCUT2D eigenvalue weighted by atomic mass is 10.1. The molecule has 0 bridgehead atoms. The SMILES string of the molecule is COCCOC(=O)c1sc(N)nc1Cc1ccccc1. The van der Waals surface area contributed by atoms with Gasteiger partial charge in [-0.3, -0.25) is 0 Å². The summed E-state index contributed by atoms with van der Waals surface area (Å²) in [6.07, 6.45) is 0.559. The Kier molecular flexibility index (Phi) is 5.09. The lowest BCUT2D eigenvalue weighted by Gasteiger charge is -2.04. The van der Waals surface area contributed by atoms with Crippen LogP contribution in [-0.4, -0.2) is 31.3 Å². The molecule has 1 aromatic carbocycles. The summed E-state index contributed by atoms with van der Waals surface area (Å²) in [7, 11) is 1.55. The minimum atomic E-state index is -0.401. The maximum Gasteiger partial charge on any atom is 0.350 e. The number of thiazole rings is 1. The van der Waals surface area contributed by atoms with Crippen molar-refractivity contribution in [3.05, 3.63) is 46.5 Å². The second-order valence-electron chi connectivity index (χ2n) is 4.12. The summed E-state index contributed by atoms with van der Waals surface area (Å²) >= 11 is 1.15. The highest BCUT2D eigenvalue weighted by Crippen LogP contribution is 2.23. The summed E-state index contributed by atoms with van der Waals surface area (Å²) in [5.74, 6) is -0.401. The number of hydrogen-bond acceptors (Lipinski definition) is 6. The van der Waals surface area contributed by atoms with Crippen LogP contribution in [0.15, 0.2) is 30.3 Å². The third-order valence-electron chi connectivity index (χ3n) is 2.63. The predicted octanol–water partition coefficient (Wildman–Crippen LogP) is 2.12. The Balaban J connectivity index is 2.11. The van der Waals surface area contributed by atoms with Crippen molar-refractivity contribution in [1.29, 1.82) is 0 Å². The zero-order chi connectivity index (χ0) is 14.4. The van der Waals surface area contributed by atoms with Crippen LogP contribution in [0.4, 0.5) is 5.13 Å². The highest BCUT2D eigenvalue weighted by molar-refractivity contribution is 7.17. The second-order valence-corrected chi connectivity index (χ2v) is 5.15. The Labute approximate surface area is 121 Å². The number of hydrogen-bond donors (Lipinski definition) is 1. The van der Waals surface area contributed by atoms with Crippen LogP contribution in [-0.2, 0) is 15.9 Å². The number of aromatic nitrogens is 1. The van der Waals surface area contributed by atoms with Gasteiger partial charge in [0, 0.05) is 13.5 Å². The standard InChI is InChI=1S/C14H16N2O3S/c1-18-7-8-19-13(17)12-11(16-14(15)20-12)9-10-5-3-2-4-6-10/h2-6H,7-9H2,1H3,(H2,15,16). The Hall–Kier alpha value is -1.92. The molecule has 20 heavy (non-hydrogen) atoms. The Morgan fingerprint density at radius 1 is 1.30 bits per heavy atom. The van der Waals surface area contributed by atoms with Crippen LogP contribution in [0.2, 0.25) is 0 Å². The highest BCUT2D eigenvalue weighted by atomic mass is 32.1. The second kappa shape index (κ2) is 7.02. The van der Waals surface area contributed by atoms with Crippen molar-refractivity contribution in [2.75, 3.05) is 26.1 Å². The van der Waals surface area contributed by atoms with E-state index in [2.05, 4.69) is 4.98 Å². The van der Waals surface area contributed by atoms with Gasteiger partial charge in [-0.2, -0.15) is 0 Å². The minimum Gasteiger partial charge on any atom is -0.459 e. The van der Waals surface area contributed by atoms with Gasteiger partial charge in [0.2, 0.25) is 0 Å². The first-order valence-electron chi connectivity index (χ1n) is 6.16. The number of nitrogens with two attached hydrogens (primary N) is 1. The monoisotopic (exact) mass is 292 g/mol. The van der Waals surface area contributed by atoms with Gasteiger partial charge in [0.05, 0.1) is 12.3 Å². The van der Waals surface area contributed by atoms with E-state index >= 15 is 0 Å². The van der Waals surface area contributed by atoms with Crippen molar-refractivity contribution in [3.63, 3.8) is 0 Å². The molecule has 0 unspecified atom stereocenters. The van der Waals surface area contributed by atoms with Gasteiger partial charge in [0.25, 0.3) is 0 Å². The van der Waals surface area contributed by atoms with Gasteiger partial charge in [-0.25, -0.2) is 9.78 Å². The largest absolute Gasteiger partial charge is 0.459 e. The Morgan fingerprint density at radius 3 is 2.75 bits per heavy atom. The maximum absolute atomic E-state index is 12.0. The summed E-state index contributed by atoms with van der Waals surface area (Å²) in [6, 6.07) is 9.80. The normalized spacial score (nSPS) is 10.4. The zero-order valence-electron chi connectivity index (χ0n) is 11.2. The molecule has 2 N–H and O–H groups in total. The molecule has 2 rings (SSSR count). The van der Waals surface area contributed by atoms with Crippen LogP contribution < -0.4 is 5.73 Å². The summed E-state index contributed by atoms with van der Waals surface area (Å²) in [4.78, 5) is 16.7. The Bertz CT molecular complexity index is 569. The molecule has 5 nitrogen and oxygen atoms in total. The van der Waals surface area contributed by atoms with Gasteiger partial charge in [-0.1, -0.05) is 41.7 Å². The van der Waals surface area contributed by atoms with Crippen LogP contribution in [0.25, 0.3) is 0 Å². The van der Waals surface area contributed by atoms with E-state index in [1.54, 1.807) is 7.11 Å². The van der Waals surface area contributed by atoms with Gasteiger partial charge in [0.1, 0.15) is 11.5 Å². The average molecular weight is 292 g/mol. The molecule has 0 saturated carbocycles. The van der Waals surface area contributed by atoms with Crippen LogP contribution in [0.5, 0.6) is 0 Å². The number of carbonyl (C=O) groups is 1. The molecular formula is C14H16N2O3S. The van der Waals surface area contributed by atoms with Crippen molar-refractivity contribution in [2.24, 2.45) is 0 Å². The molecule has 106 valence electrons.